The summed E-state index contributed by atoms with van der Waals surface area (Å²) in [6.45, 7) is 0. The van der Waals surface area contributed by atoms with Gasteiger partial charge in [-0.1, -0.05) is 43.9 Å². The van der Waals surface area contributed by atoms with E-state index in [1.165, 1.54) is 25.7 Å². The summed E-state index contributed by atoms with van der Waals surface area (Å²) < 4.78 is 0. The van der Waals surface area contributed by atoms with Gasteiger partial charge in [-0.05, 0) is 31.0 Å². The van der Waals surface area contributed by atoms with E-state index in [1.807, 2.05) is 42.3 Å². The molecule has 0 unspecified atom stereocenters. The van der Waals surface area contributed by atoms with E-state index in [-0.39, 0.29) is 11.9 Å². The molecular formula is C19H24N4O. The highest BCUT2D eigenvalue weighted by Gasteiger charge is 2.17. The van der Waals surface area contributed by atoms with Crippen molar-refractivity contribution in [3.05, 3.63) is 48.3 Å². The minimum Gasteiger partial charge on any atom is -0.348 e. The Bertz CT molecular complexity index is 666. The van der Waals surface area contributed by atoms with Crippen molar-refractivity contribution < 1.29 is 4.79 Å². The fourth-order valence-corrected chi connectivity index (χ4v) is 3.09. The third-order valence-electron chi connectivity index (χ3n) is 4.51. The summed E-state index contributed by atoms with van der Waals surface area (Å²) in [5.41, 5.74) is 1.41. The van der Waals surface area contributed by atoms with Gasteiger partial charge in [0.2, 0.25) is 5.95 Å². The topological polar surface area (TPSA) is 58.1 Å². The summed E-state index contributed by atoms with van der Waals surface area (Å²) in [4.78, 5) is 23.1. The van der Waals surface area contributed by atoms with Gasteiger partial charge in [0.05, 0.1) is 0 Å². The molecule has 0 atom stereocenters. The number of nitrogens with one attached hydrogen (secondary N) is 1. The molecular weight excluding hydrogens is 300 g/mol. The lowest BCUT2D eigenvalue weighted by Crippen LogP contribution is -2.35. The molecule has 1 amide bonds. The van der Waals surface area contributed by atoms with E-state index >= 15 is 0 Å². The van der Waals surface area contributed by atoms with Crippen LogP contribution in [0.1, 0.15) is 49.0 Å². The minimum absolute atomic E-state index is 0.105. The molecule has 5 heteroatoms. The van der Waals surface area contributed by atoms with Crippen LogP contribution in [0.2, 0.25) is 0 Å². The van der Waals surface area contributed by atoms with E-state index in [9.17, 15) is 4.79 Å². The number of hydrogen-bond acceptors (Lipinski definition) is 4. The molecule has 5 nitrogen and oxygen atoms in total. The smallest absolute Gasteiger partial charge is 0.270 e. The average molecular weight is 324 g/mol. The van der Waals surface area contributed by atoms with E-state index in [1.54, 1.807) is 12.3 Å². The molecule has 0 saturated heterocycles. The van der Waals surface area contributed by atoms with E-state index in [0.29, 0.717) is 11.6 Å². The predicted molar refractivity (Wildman–Crippen MR) is 95.5 cm³/mol. The number of carbonyl (C=O) groups excluding carboxylic acids is 1. The zero-order valence-corrected chi connectivity index (χ0v) is 14.1. The van der Waals surface area contributed by atoms with Crippen LogP contribution >= 0.6 is 0 Å². The molecule has 3 rings (SSSR count). The molecule has 1 N–H and O–H groups in total. The summed E-state index contributed by atoms with van der Waals surface area (Å²) in [7, 11) is 1.90. The molecule has 0 radical (unpaired) electrons. The van der Waals surface area contributed by atoms with Gasteiger partial charge in [0, 0.05) is 25.0 Å². The van der Waals surface area contributed by atoms with Crippen LogP contribution in [0.4, 0.5) is 11.6 Å². The Balaban J connectivity index is 1.71. The first kappa shape index (κ1) is 16.4. The van der Waals surface area contributed by atoms with Crippen molar-refractivity contribution in [3.63, 3.8) is 0 Å². The second-order valence-corrected chi connectivity index (χ2v) is 6.30. The number of anilines is 2. The van der Waals surface area contributed by atoms with E-state index in [4.69, 9.17) is 0 Å². The van der Waals surface area contributed by atoms with Gasteiger partial charge in [0.15, 0.2) is 0 Å². The lowest BCUT2D eigenvalue weighted by Gasteiger charge is -2.18. The van der Waals surface area contributed by atoms with Crippen LogP contribution in [0.15, 0.2) is 42.6 Å². The lowest BCUT2D eigenvalue weighted by molar-refractivity contribution is 0.0928. The quantitative estimate of drug-likeness (QED) is 0.871. The van der Waals surface area contributed by atoms with Crippen molar-refractivity contribution in [1.82, 2.24) is 15.3 Å². The predicted octanol–water partition coefficient (Wildman–Crippen LogP) is 3.70. The summed E-state index contributed by atoms with van der Waals surface area (Å²) in [6.07, 6.45) is 8.69. The number of benzene rings is 1. The van der Waals surface area contributed by atoms with Crippen LogP contribution in [-0.4, -0.2) is 29.0 Å². The first-order valence-electron chi connectivity index (χ1n) is 8.67. The molecule has 126 valence electrons. The second kappa shape index (κ2) is 7.90. The fourth-order valence-electron chi connectivity index (χ4n) is 3.09. The second-order valence-electron chi connectivity index (χ2n) is 6.30. The van der Waals surface area contributed by atoms with Gasteiger partial charge in [0.1, 0.15) is 5.69 Å². The van der Waals surface area contributed by atoms with Gasteiger partial charge < -0.3 is 10.2 Å². The minimum atomic E-state index is -0.105. The Morgan fingerprint density at radius 2 is 1.79 bits per heavy atom. The molecule has 0 bridgehead atoms. The summed E-state index contributed by atoms with van der Waals surface area (Å²) >= 11 is 0. The highest BCUT2D eigenvalue weighted by atomic mass is 16.1. The van der Waals surface area contributed by atoms with Crippen molar-refractivity contribution >= 4 is 17.5 Å². The molecule has 1 aromatic heterocycles. The van der Waals surface area contributed by atoms with Crippen molar-refractivity contribution in [2.45, 2.75) is 44.6 Å². The van der Waals surface area contributed by atoms with Crippen molar-refractivity contribution in [3.8, 4) is 0 Å². The standard InChI is InChI=1S/C19H24N4O/c1-23(16-11-7-4-8-12-16)19-20-14-13-17(22-19)18(24)21-15-9-5-2-3-6-10-15/h4,7-8,11-15H,2-3,5-6,9-10H2,1H3,(H,21,24). The largest absolute Gasteiger partial charge is 0.348 e. The zero-order chi connectivity index (χ0) is 16.8. The molecule has 1 saturated carbocycles. The third kappa shape index (κ3) is 4.10. The molecule has 24 heavy (non-hydrogen) atoms. The van der Waals surface area contributed by atoms with Crippen molar-refractivity contribution in [1.29, 1.82) is 0 Å². The molecule has 1 fully saturated rings. The monoisotopic (exact) mass is 324 g/mol. The zero-order valence-electron chi connectivity index (χ0n) is 14.1. The maximum absolute atomic E-state index is 12.5. The number of hydrogen-bond donors (Lipinski definition) is 1. The molecule has 1 aromatic carbocycles. The fraction of sp³-hybridized carbons (Fsp3) is 0.421. The van der Waals surface area contributed by atoms with Gasteiger partial charge in [-0.3, -0.25) is 4.79 Å². The maximum Gasteiger partial charge on any atom is 0.270 e. The van der Waals surface area contributed by atoms with Gasteiger partial charge in [-0.15, -0.1) is 0 Å². The Morgan fingerprint density at radius 1 is 1.08 bits per heavy atom. The van der Waals surface area contributed by atoms with Gasteiger partial charge in [-0.2, -0.15) is 0 Å². The van der Waals surface area contributed by atoms with Crippen molar-refractivity contribution in [2.24, 2.45) is 0 Å². The molecule has 1 heterocycles. The number of carbonyl (C=O) groups is 1. The van der Waals surface area contributed by atoms with Crippen LogP contribution in [0.3, 0.4) is 0 Å². The Morgan fingerprint density at radius 3 is 2.50 bits per heavy atom. The highest BCUT2D eigenvalue weighted by molar-refractivity contribution is 5.92. The maximum atomic E-state index is 12.5. The Labute approximate surface area is 143 Å². The molecule has 2 aromatic rings. The lowest BCUT2D eigenvalue weighted by atomic mass is 10.1. The van der Waals surface area contributed by atoms with E-state index in [0.717, 1.165) is 18.5 Å². The number of aromatic nitrogens is 2. The number of nitrogens with zero attached hydrogens (tertiary/aromatic N) is 3. The SMILES string of the molecule is CN(c1ccccc1)c1nccc(C(=O)NC2CCCCCC2)n1. The number of para-hydroxylation sites is 1. The molecule has 0 spiro atoms. The molecule has 0 aliphatic heterocycles. The summed E-state index contributed by atoms with van der Waals surface area (Å²) in [6, 6.07) is 11.8. The van der Waals surface area contributed by atoms with Crippen LogP contribution in [-0.2, 0) is 0 Å². The normalized spacial score (nSPS) is 15.5. The average Bonchev–Trinajstić information content (AvgIpc) is 2.90. The van der Waals surface area contributed by atoms with Crippen LogP contribution in [0.5, 0.6) is 0 Å². The summed E-state index contributed by atoms with van der Waals surface area (Å²) in [5, 5.41) is 3.13. The molecule has 1 aliphatic carbocycles. The van der Waals surface area contributed by atoms with Gasteiger partial charge in [0.25, 0.3) is 5.91 Å². The number of amides is 1. The van der Waals surface area contributed by atoms with E-state index in [2.05, 4.69) is 15.3 Å². The van der Waals surface area contributed by atoms with Gasteiger partial charge in [-0.25, -0.2) is 9.97 Å². The van der Waals surface area contributed by atoms with Crippen LogP contribution < -0.4 is 10.2 Å². The molecule has 1 aliphatic rings. The first-order chi connectivity index (χ1) is 11.7. The summed E-state index contributed by atoms with van der Waals surface area (Å²) in [5.74, 6) is 0.418. The van der Waals surface area contributed by atoms with E-state index < -0.39 is 0 Å². The Hall–Kier alpha value is -2.43. The van der Waals surface area contributed by atoms with Crippen LogP contribution in [0.25, 0.3) is 0 Å². The first-order valence-corrected chi connectivity index (χ1v) is 8.67. The highest BCUT2D eigenvalue weighted by Crippen LogP contribution is 2.20. The van der Waals surface area contributed by atoms with Crippen LogP contribution in [0, 0.1) is 0 Å². The third-order valence-corrected chi connectivity index (χ3v) is 4.51. The van der Waals surface area contributed by atoms with Gasteiger partial charge >= 0.3 is 0 Å². The Kier molecular flexibility index (Phi) is 5.41. The number of rotatable bonds is 4. The van der Waals surface area contributed by atoms with Crippen molar-refractivity contribution in [2.75, 3.05) is 11.9 Å².